The van der Waals surface area contributed by atoms with Crippen molar-refractivity contribution in [3.8, 4) is 5.75 Å². The lowest BCUT2D eigenvalue weighted by molar-refractivity contribution is -0.131. The summed E-state index contributed by atoms with van der Waals surface area (Å²) < 4.78 is 5.46. The first-order valence-corrected chi connectivity index (χ1v) is 9.58. The summed E-state index contributed by atoms with van der Waals surface area (Å²) in [5, 5.41) is 2.46. The molecule has 1 aliphatic heterocycles. The van der Waals surface area contributed by atoms with Gasteiger partial charge in [-0.3, -0.25) is 9.59 Å². The maximum Gasteiger partial charge on any atom is 0.238 e. The Bertz CT molecular complexity index is 836. The smallest absolute Gasteiger partial charge is 0.238 e. The van der Waals surface area contributed by atoms with E-state index in [-0.39, 0.29) is 18.2 Å². The van der Waals surface area contributed by atoms with Gasteiger partial charge >= 0.3 is 0 Å². The number of para-hydroxylation sites is 1. The number of carbonyl (C=O) groups is 2. The summed E-state index contributed by atoms with van der Waals surface area (Å²) in [4.78, 5) is 27.5. The van der Waals surface area contributed by atoms with Crippen molar-refractivity contribution in [2.75, 3.05) is 19.0 Å². The normalized spacial score (nSPS) is 15.4. The molecule has 0 spiro atoms. The van der Waals surface area contributed by atoms with E-state index in [9.17, 15) is 9.59 Å². The largest absolute Gasteiger partial charge is 0.490 e. The quantitative estimate of drug-likeness (QED) is 0.742. The minimum absolute atomic E-state index is 0.0611. The van der Waals surface area contributed by atoms with Crippen molar-refractivity contribution in [3.63, 3.8) is 0 Å². The van der Waals surface area contributed by atoms with Crippen molar-refractivity contribution >= 4 is 29.3 Å². The second-order valence-electron chi connectivity index (χ2n) is 6.29. The van der Waals surface area contributed by atoms with Crippen molar-refractivity contribution in [3.05, 3.63) is 66.7 Å². The molecule has 0 unspecified atom stereocenters. The topological polar surface area (TPSA) is 58.6 Å². The third-order valence-electron chi connectivity index (χ3n) is 4.20. The van der Waals surface area contributed by atoms with Crippen LogP contribution in [0.3, 0.4) is 0 Å². The monoisotopic (exact) mass is 382 g/mol. The van der Waals surface area contributed by atoms with Crippen LogP contribution in [0.2, 0.25) is 0 Å². The molecule has 0 bridgehead atoms. The van der Waals surface area contributed by atoms with Gasteiger partial charge in [0, 0.05) is 24.9 Å². The second kappa shape index (κ2) is 8.77. The third kappa shape index (κ3) is 4.92. The van der Waals surface area contributed by atoms with Crippen molar-refractivity contribution in [1.29, 1.82) is 0 Å². The molecule has 0 saturated carbocycles. The van der Waals surface area contributed by atoms with Crippen LogP contribution in [0.5, 0.6) is 5.75 Å². The first-order chi connectivity index (χ1) is 13.1. The Morgan fingerprint density at radius 1 is 1.26 bits per heavy atom. The van der Waals surface area contributed by atoms with Gasteiger partial charge in [-0.15, -0.1) is 11.8 Å². The maximum absolute atomic E-state index is 12.6. The molecule has 0 aromatic heterocycles. The number of hydrogen-bond donors (Lipinski definition) is 1. The van der Waals surface area contributed by atoms with Crippen LogP contribution in [0.15, 0.2) is 66.1 Å². The Balaban J connectivity index is 1.56. The number of ether oxygens (including phenoxy) is 1. The molecule has 3 rings (SSSR count). The summed E-state index contributed by atoms with van der Waals surface area (Å²) >= 11 is 1.44. The van der Waals surface area contributed by atoms with E-state index in [1.165, 1.54) is 11.8 Å². The molecule has 1 N–H and O–H groups in total. The van der Waals surface area contributed by atoms with Gasteiger partial charge in [0.1, 0.15) is 12.4 Å². The molecule has 6 heteroatoms. The fourth-order valence-corrected chi connectivity index (χ4v) is 3.85. The molecule has 0 aliphatic carbocycles. The van der Waals surface area contributed by atoms with E-state index in [2.05, 4.69) is 11.9 Å². The highest BCUT2D eigenvalue weighted by Gasteiger charge is 2.29. The standard InChI is InChI=1S/C21H22N2O3S/c1-3-12-26-16-10-8-15(9-11-16)14-23(2)20(24)13-19-21(25)22-17-6-4-5-7-18(17)27-19/h3-11,19H,1,12-14H2,2H3,(H,22,25)/t19-/m0/s1. The van der Waals surface area contributed by atoms with Crippen molar-refractivity contribution in [1.82, 2.24) is 4.90 Å². The van der Waals surface area contributed by atoms with E-state index in [0.29, 0.717) is 13.2 Å². The van der Waals surface area contributed by atoms with E-state index in [1.54, 1.807) is 18.0 Å². The molecule has 2 aromatic rings. The number of anilines is 1. The number of thioether (sulfide) groups is 1. The fraction of sp³-hybridized carbons (Fsp3) is 0.238. The number of carbonyl (C=O) groups excluding carboxylic acids is 2. The maximum atomic E-state index is 12.6. The highest BCUT2D eigenvalue weighted by atomic mass is 32.2. The molecule has 1 aliphatic rings. The first-order valence-electron chi connectivity index (χ1n) is 8.70. The van der Waals surface area contributed by atoms with Gasteiger partial charge in [0.2, 0.25) is 11.8 Å². The molecule has 2 aromatic carbocycles. The molecule has 0 radical (unpaired) electrons. The lowest BCUT2D eigenvalue weighted by Crippen LogP contribution is -2.35. The van der Waals surface area contributed by atoms with Gasteiger partial charge in [-0.1, -0.05) is 36.9 Å². The van der Waals surface area contributed by atoms with Crippen LogP contribution >= 0.6 is 11.8 Å². The molecular weight excluding hydrogens is 360 g/mol. The lowest BCUT2D eigenvalue weighted by atomic mass is 10.2. The Morgan fingerprint density at radius 3 is 2.74 bits per heavy atom. The van der Waals surface area contributed by atoms with Gasteiger partial charge in [-0.25, -0.2) is 0 Å². The molecular formula is C21H22N2O3S. The minimum Gasteiger partial charge on any atom is -0.490 e. The van der Waals surface area contributed by atoms with Crippen LogP contribution in [-0.4, -0.2) is 35.6 Å². The number of nitrogens with zero attached hydrogens (tertiary/aromatic N) is 1. The van der Waals surface area contributed by atoms with Crippen LogP contribution in [0.25, 0.3) is 0 Å². The molecule has 2 amide bonds. The minimum atomic E-state index is -0.412. The zero-order valence-electron chi connectivity index (χ0n) is 15.2. The van der Waals surface area contributed by atoms with Crippen LogP contribution in [-0.2, 0) is 16.1 Å². The zero-order chi connectivity index (χ0) is 19.2. The third-order valence-corrected chi connectivity index (χ3v) is 5.48. The Labute approximate surface area is 163 Å². The van der Waals surface area contributed by atoms with Gasteiger partial charge < -0.3 is 15.0 Å². The van der Waals surface area contributed by atoms with Gasteiger partial charge in [0.05, 0.1) is 10.9 Å². The van der Waals surface area contributed by atoms with Crippen LogP contribution in [0, 0.1) is 0 Å². The molecule has 1 atom stereocenters. The highest BCUT2D eigenvalue weighted by molar-refractivity contribution is 8.01. The van der Waals surface area contributed by atoms with E-state index >= 15 is 0 Å². The number of amides is 2. The fourth-order valence-electron chi connectivity index (χ4n) is 2.75. The summed E-state index contributed by atoms with van der Waals surface area (Å²) in [5.74, 6) is 0.583. The summed E-state index contributed by atoms with van der Waals surface area (Å²) in [5.41, 5.74) is 1.81. The predicted molar refractivity (Wildman–Crippen MR) is 108 cm³/mol. The number of hydrogen-bond acceptors (Lipinski definition) is 4. The Kier molecular flexibility index (Phi) is 6.19. The predicted octanol–water partition coefficient (Wildman–Crippen LogP) is 3.71. The van der Waals surface area contributed by atoms with E-state index in [4.69, 9.17) is 4.74 Å². The summed E-state index contributed by atoms with van der Waals surface area (Å²) in [6, 6.07) is 15.2. The van der Waals surface area contributed by atoms with Crippen LogP contribution < -0.4 is 10.1 Å². The van der Waals surface area contributed by atoms with Crippen LogP contribution in [0.4, 0.5) is 5.69 Å². The average molecular weight is 382 g/mol. The molecule has 140 valence electrons. The Morgan fingerprint density at radius 2 is 2.00 bits per heavy atom. The number of fused-ring (bicyclic) bond motifs is 1. The molecule has 27 heavy (non-hydrogen) atoms. The lowest BCUT2D eigenvalue weighted by Gasteiger charge is -2.25. The highest BCUT2D eigenvalue weighted by Crippen LogP contribution is 2.36. The number of benzene rings is 2. The first kappa shape index (κ1) is 19.0. The zero-order valence-corrected chi connectivity index (χ0v) is 16.0. The molecule has 0 fully saturated rings. The molecule has 1 heterocycles. The SMILES string of the molecule is C=CCOc1ccc(CN(C)C(=O)C[C@@H]2Sc3ccccc3NC2=O)cc1. The van der Waals surface area contributed by atoms with Crippen LogP contribution in [0.1, 0.15) is 12.0 Å². The molecule has 0 saturated heterocycles. The summed E-state index contributed by atoms with van der Waals surface area (Å²) in [7, 11) is 1.75. The molecule has 5 nitrogen and oxygen atoms in total. The van der Waals surface area contributed by atoms with Gasteiger partial charge in [-0.2, -0.15) is 0 Å². The average Bonchev–Trinajstić information content (AvgIpc) is 2.68. The van der Waals surface area contributed by atoms with E-state index < -0.39 is 5.25 Å². The van der Waals surface area contributed by atoms with E-state index in [0.717, 1.165) is 21.9 Å². The Hall–Kier alpha value is -2.73. The van der Waals surface area contributed by atoms with Crippen molar-refractivity contribution in [2.45, 2.75) is 23.1 Å². The van der Waals surface area contributed by atoms with Crippen molar-refractivity contribution in [2.24, 2.45) is 0 Å². The van der Waals surface area contributed by atoms with E-state index in [1.807, 2.05) is 48.5 Å². The number of nitrogens with one attached hydrogen (secondary N) is 1. The summed E-state index contributed by atoms with van der Waals surface area (Å²) in [6.07, 6.45) is 1.86. The van der Waals surface area contributed by atoms with Gasteiger partial charge in [0.15, 0.2) is 0 Å². The van der Waals surface area contributed by atoms with Gasteiger partial charge in [0.25, 0.3) is 0 Å². The number of rotatable bonds is 7. The van der Waals surface area contributed by atoms with Crippen molar-refractivity contribution < 1.29 is 14.3 Å². The second-order valence-corrected chi connectivity index (χ2v) is 7.53. The van der Waals surface area contributed by atoms with Gasteiger partial charge in [-0.05, 0) is 29.8 Å². The summed E-state index contributed by atoms with van der Waals surface area (Å²) in [6.45, 7) is 4.56.